The second kappa shape index (κ2) is 5.75. The Morgan fingerprint density at radius 3 is 2.95 bits per heavy atom. The third-order valence-electron chi connectivity index (χ3n) is 4.34. The van der Waals surface area contributed by atoms with E-state index in [9.17, 15) is 4.21 Å². The average molecular weight is 281 g/mol. The molecule has 19 heavy (non-hydrogen) atoms. The van der Waals surface area contributed by atoms with Crippen molar-refractivity contribution in [2.45, 2.75) is 51.1 Å². The summed E-state index contributed by atoms with van der Waals surface area (Å²) in [5.74, 6) is 2.66. The highest BCUT2D eigenvalue weighted by atomic mass is 32.2. The van der Waals surface area contributed by atoms with Crippen molar-refractivity contribution < 1.29 is 4.21 Å². The monoisotopic (exact) mass is 281 g/mol. The van der Waals surface area contributed by atoms with Crippen LogP contribution in [0.2, 0.25) is 0 Å². The van der Waals surface area contributed by atoms with E-state index < -0.39 is 10.8 Å². The molecular formula is C14H23N3OS. The van der Waals surface area contributed by atoms with E-state index in [-0.39, 0.29) is 0 Å². The summed E-state index contributed by atoms with van der Waals surface area (Å²) in [4.78, 5) is 4.91. The molecule has 0 amide bonds. The first kappa shape index (κ1) is 13.3. The van der Waals surface area contributed by atoms with Crippen LogP contribution in [0.25, 0.3) is 0 Å². The predicted octanol–water partition coefficient (Wildman–Crippen LogP) is 1.56. The van der Waals surface area contributed by atoms with Crippen molar-refractivity contribution in [3.8, 4) is 0 Å². The van der Waals surface area contributed by atoms with Crippen LogP contribution in [-0.4, -0.2) is 32.3 Å². The summed E-state index contributed by atoms with van der Waals surface area (Å²) in [7, 11) is -0.725. The zero-order valence-corrected chi connectivity index (χ0v) is 12.5. The lowest BCUT2D eigenvalue weighted by atomic mass is 10.1. The number of fused-ring (bicyclic) bond motifs is 1. The van der Waals surface area contributed by atoms with Gasteiger partial charge in [-0.05, 0) is 12.8 Å². The largest absolute Gasteiger partial charge is 0.331 e. The van der Waals surface area contributed by atoms with Gasteiger partial charge in [0.2, 0.25) is 0 Å². The van der Waals surface area contributed by atoms with Crippen molar-refractivity contribution in [2.24, 2.45) is 0 Å². The normalized spacial score (nSPS) is 21.5. The topological polar surface area (TPSA) is 46.9 Å². The summed E-state index contributed by atoms with van der Waals surface area (Å²) in [5, 5.41) is 3.40. The summed E-state index contributed by atoms with van der Waals surface area (Å²) in [6.07, 6.45) is 8.07. The molecule has 1 aromatic rings. The van der Waals surface area contributed by atoms with Crippen molar-refractivity contribution in [1.82, 2.24) is 14.9 Å². The Bertz CT molecular complexity index is 477. The van der Waals surface area contributed by atoms with E-state index >= 15 is 0 Å². The molecular weight excluding hydrogens is 258 g/mol. The van der Waals surface area contributed by atoms with Crippen LogP contribution in [0.5, 0.6) is 0 Å². The Balaban J connectivity index is 1.91. The van der Waals surface area contributed by atoms with Crippen LogP contribution < -0.4 is 5.32 Å². The number of hydrogen-bond donors (Lipinski definition) is 1. The smallest absolute Gasteiger partial charge is 0.112 e. The predicted molar refractivity (Wildman–Crippen MR) is 77.8 cm³/mol. The summed E-state index contributed by atoms with van der Waals surface area (Å²) < 4.78 is 13.8. The molecule has 5 heteroatoms. The number of imidazole rings is 1. The molecule has 1 aliphatic heterocycles. The number of hydrogen-bond acceptors (Lipinski definition) is 3. The van der Waals surface area contributed by atoms with Crippen LogP contribution in [0, 0.1) is 0 Å². The SMILES string of the molecule is CS(=O)CCn1c(C2CCCC2)nc2c1CCNC2. The second-order valence-electron chi connectivity index (χ2n) is 5.70. The third-order valence-corrected chi connectivity index (χ3v) is 5.10. The van der Waals surface area contributed by atoms with E-state index in [2.05, 4.69) is 9.88 Å². The molecule has 0 saturated heterocycles. The summed E-state index contributed by atoms with van der Waals surface area (Å²) in [5.41, 5.74) is 2.63. The molecule has 0 radical (unpaired) electrons. The van der Waals surface area contributed by atoms with Crippen molar-refractivity contribution in [3.63, 3.8) is 0 Å². The first-order valence-electron chi connectivity index (χ1n) is 7.34. The van der Waals surface area contributed by atoms with Crippen molar-refractivity contribution >= 4 is 10.8 Å². The quantitative estimate of drug-likeness (QED) is 0.911. The van der Waals surface area contributed by atoms with Crippen LogP contribution >= 0.6 is 0 Å². The van der Waals surface area contributed by atoms with E-state index in [4.69, 9.17) is 4.98 Å². The molecule has 1 aromatic heterocycles. The first-order valence-corrected chi connectivity index (χ1v) is 9.07. The summed E-state index contributed by atoms with van der Waals surface area (Å²) in [6, 6.07) is 0. The maximum atomic E-state index is 11.4. The molecule has 0 aromatic carbocycles. The number of aromatic nitrogens is 2. The molecule has 2 heterocycles. The molecule has 0 spiro atoms. The fourth-order valence-corrected chi connectivity index (χ4v) is 3.80. The Morgan fingerprint density at radius 2 is 2.21 bits per heavy atom. The minimum atomic E-state index is -0.725. The highest BCUT2D eigenvalue weighted by Gasteiger charge is 2.26. The maximum Gasteiger partial charge on any atom is 0.112 e. The van der Waals surface area contributed by atoms with Gasteiger partial charge in [-0.2, -0.15) is 0 Å². The van der Waals surface area contributed by atoms with Gasteiger partial charge in [0.15, 0.2) is 0 Å². The van der Waals surface area contributed by atoms with Crippen LogP contribution in [0.15, 0.2) is 0 Å². The van der Waals surface area contributed by atoms with Gasteiger partial charge in [0.25, 0.3) is 0 Å². The molecule has 2 aliphatic rings. The molecule has 1 atom stereocenters. The van der Waals surface area contributed by atoms with Gasteiger partial charge in [0.05, 0.1) is 5.69 Å². The lowest BCUT2D eigenvalue weighted by molar-refractivity contribution is 0.569. The van der Waals surface area contributed by atoms with Gasteiger partial charge in [0.1, 0.15) is 5.82 Å². The van der Waals surface area contributed by atoms with E-state index in [0.717, 1.165) is 31.8 Å². The first-order chi connectivity index (χ1) is 9.25. The molecule has 0 bridgehead atoms. The van der Waals surface area contributed by atoms with Crippen LogP contribution in [-0.2, 0) is 30.3 Å². The van der Waals surface area contributed by atoms with Gasteiger partial charge in [-0.1, -0.05) is 12.8 Å². The lowest BCUT2D eigenvalue weighted by Gasteiger charge is -2.17. The van der Waals surface area contributed by atoms with Crippen molar-refractivity contribution in [1.29, 1.82) is 0 Å². The Hall–Kier alpha value is -0.680. The lowest BCUT2D eigenvalue weighted by Crippen LogP contribution is -2.25. The van der Waals surface area contributed by atoms with E-state index in [1.54, 1.807) is 6.26 Å². The molecule has 1 saturated carbocycles. The Morgan fingerprint density at radius 1 is 1.42 bits per heavy atom. The highest BCUT2D eigenvalue weighted by molar-refractivity contribution is 7.84. The zero-order valence-electron chi connectivity index (χ0n) is 11.7. The van der Waals surface area contributed by atoms with Crippen LogP contribution in [0.4, 0.5) is 0 Å². The number of nitrogens with one attached hydrogen (secondary N) is 1. The highest BCUT2D eigenvalue weighted by Crippen LogP contribution is 2.35. The van der Waals surface area contributed by atoms with Crippen LogP contribution in [0.3, 0.4) is 0 Å². The molecule has 3 rings (SSSR count). The molecule has 106 valence electrons. The second-order valence-corrected chi connectivity index (χ2v) is 7.26. The minimum absolute atomic E-state index is 0.635. The van der Waals surface area contributed by atoms with E-state index in [1.807, 2.05) is 0 Å². The van der Waals surface area contributed by atoms with Gasteiger partial charge in [-0.25, -0.2) is 4.98 Å². The fourth-order valence-electron chi connectivity index (χ4n) is 3.36. The van der Waals surface area contributed by atoms with Gasteiger partial charge in [0, 0.05) is 60.5 Å². The third kappa shape index (κ3) is 2.77. The molecule has 1 fully saturated rings. The average Bonchev–Trinajstić information content (AvgIpc) is 3.03. The number of nitrogens with zero attached hydrogens (tertiary/aromatic N) is 2. The number of rotatable bonds is 4. The summed E-state index contributed by atoms with van der Waals surface area (Å²) in [6.45, 7) is 2.81. The van der Waals surface area contributed by atoms with Crippen molar-refractivity contribution in [2.75, 3.05) is 18.6 Å². The zero-order chi connectivity index (χ0) is 13.2. The maximum absolute atomic E-state index is 11.4. The van der Waals surface area contributed by atoms with Crippen LogP contribution in [0.1, 0.15) is 48.8 Å². The molecule has 1 aliphatic carbocycles. The van der Waals surface area contributed by atoms with Gasteiger partial charge in [-0.15, -0.1) is 0 Å². The fraction of sp³-hybridized carbons (Fsp3) is 0.786. The summed E-state index contributed by atoms with van der Waals surface area (Å²) >= 11 is 0. The minimum Gasteiger partial charge on any atom is -0.331 e. The molecule has 1 N–H and O–H groups in total. The van der Waals surface area contributed by atoms with Crippen molar-refractivity contribution in [3.05, 3.63) is 17.2 Å². The Labute approximate surface area is 117 Å². The molecule has 4 nitrogen and oxygen atoms in total. The van der Waals surface area contributed by atoms with E-state index in [1.165, 1.54) is 42.9 Å². The van der Waals surface area contributed by atoms with Gasteiger partial charge < -0.3 is 9.88 Å². The molecule has 1 unspecified atom stereocenters. The standard InChI is InChI=1S/C14H23N3OS/c1-19(18)9-8-17-13-6-7-15-10-12(13)16-14(17)11-4-2-3-5-11/h11,15H,2-10H2,1H3. The Kier molecular flexibility index (Phi) is 4.03. The van der Waals surface area contributed by atoms with Gasteiger partial charge in [-0.3, -0.25) is 4.21 Å². The van der Waals surface area contributed by atoms with Gasteiger partial charge >= 0.3 is 0 Å². The van der Waals surface area contributed by atoms with E-state index in [0.29, 0.717) is 5.92 Å².